The summed E-state index contributed by atoms with van der Waals surface area (Å²) in [6.45, 7) is 7.02. The van der Waals surface area contributed by atoms with Gasteiger partial charge in [-0.25, -0.2) is 0 Å². The van der Waals surface area contributed by atoms with Crippen LogP contribution in [0, 0.1) is 0 Å². The molecular weight excluding hydrogens is 214 g/mol. The van der Waals surface area contributed by atoms with E-state index in [1.807, 2.05) is 6.07 Å². The Hall–Kier alpha value is -1.22. The van der Waals surface area contributed by atoms with E-state index in [1.54, 1.807) is 14.2 Å². The van der Waals surface area contributed by atoms with Crippen molar-refractivity contribution in [1.29, 1.82) is 0 Å². The molecule has 0 heterocycles. The van der Waals surface area contributed by atoms with Crippen LogP contribution in [0.5, 0.6) is 11.5 Å². The molecule has 0 fully saturated rings. The van der Waals surface area contributed by atoms with Crippen molar-refractivity contribution in [2.24, 2.45) is 5.73 Å². The first kappa shape index (κ1) is 13.8. The molecule has 0 spiro atoms. The van der Waals surface area contributed by atoms with Crippen LogP contribution in [0.3, 0.4) is 0 Å². The monoisotopic (exact) mass is 237 g/mol. The Morgan fingerprint density at radius 3 is 1.94 bits per heavy atom. The zero-order chi connectivity index (χ0) is 13.0. The molecule has 3 nitrogen and oxygen atoms in total. The van der Waals surface area contributed by atoms with Gasteiger partial charge in [-0.3, -0.25) is 0 Å². The quantitative estimate of drug-likeness (QED) is 0.856. The first-order valence-corrected chi connectivity index (χ1v) is 6.01. The average molecular weight is 237 g/mol. The van der Waals surface area contributed by atoms with Crippen LogP contribution in [0.15, 0.2) is 12.1 Å². The lowest BCUT2D eigenvalue weighted by Crippen LogP contribution is -2.11. The van der Waals surface area contributed by atoms with E-state index in [9.17, 15) is 0 Å². The van der Waals surface area contributed by atoms with Gasteiger partial charge in [-0.15, -0.1) is 0 Å². The van der Waals surface area contributed by atoms with Crippen LogP contribution in [0.4, 0.5) is 0 Å². The van der Waals surface area contributed by atoms with Crippen LogP contribution < -0.4 is 15.2 Å². The Morgan fingerprint density at radius 1 is 1.00 bits per heavy atom. The minimum Gasteiger partial charge on any atom is -0.496 e. The average Bonchev–Trinajstić information content (AvgIpc) is 2.35. The molecule has 0 aliphatic heterocycles. The second kappa shape index (κ2) is 5.92. The predicted molar refractivity (Wildman–Crippen MR) is 71.1 cm³/mol. The summed E-state index contributed by atoms with van der Waals surface area (Å²) in [4.78, 5) is 0. The van der Waals surface area contributed by atoms with Gasteiger partial charge in [-0.05, 0) is 35.6 Å². The van der Waals surface area contributed by atoms with Crippen LogP contribution in [0.2, 0.25) is 0 Å². The van der Waals surface area contributed by atoms with Gasteiger partial charge in [0.2, 0.25) is 0 Å². The number of nitrogens with two attached hydrogens (primary N) is 1. The van der Waals surface area contributed by atoms with Gasteiger partial charge in [0.1, 0.15) is 11.5 Å². The fraction of sp³-hybridized carbons (Fsp3) is 0.571. The van der Waals surface area contributed by atoms with Crippen molar-refractivity contribution in [2.45, 2.75) is 32.6 Å². The van der Waals surface area contributed by atoms with E-state index in [0.29, 0.717) is 12.5 Å². The highest BCUT2D eigenvalue weighted by molar-refractivity contribution is 5.49. The highest BCUT2D eigenvalue weighted by Gasteiger charge is 2.16. The molecule has 1 rings (SSSR count). The number of ether oxygens (including phenoxy) is 2. The fourth-order valence-corrected chi connectivity index (χ4v) is 1.91. The summed E-state index contributed by atoms with van der Waals surface area (Å²) in [5.41, 5.74) is 8.09. The molecule has 3 heteroatoms. The molecule has 17 heavy (non-hydrogen) atoms. The summed E-state index contributed by atoms with van der Waals surface area (Å²) < 4.78 is 10.8. The van der Waals surface area contributed by atoms with Crippen molar-refractivity contribution in [2.75, 3.05) is 20.8 Å². The predicted octanol–water partition coefficient (Wildman–Crippen LogP) is 2.89. The molecule has 96 valence electrons. The lowest BCUT2D eigenvalue weighted by molar-refractivity contribution is 0.385. The summed E-state index contributed by atoms with van der Waals surface area (Å²) in [5.74, 6) is 2.43. The Kier molecular flexibility index (Phi) is 4.82. The largest absolute Gasteiger partial charge is 0.496 e. The van der Waals surface area contributed by atoms with E-state index in [1.165, 1.54) is 5.56 Å². The Bertz CT molecular complexity index is 375. The first-order chi connectivity index (χ1) is 8.04. The number of rotatable bonds is 5. The second-order valence-electron chi connectivity index (χ2n) is 4.63. The third kappa shape index (κ3) is 2.91. The highest BCUT2D eigenvalue weighted by atomic mass is 16.5. The van der Waals surface area contributed by atoms with Gasteiger partial charge in [0, 0.05) is 6.07 Å². The van der Waals surface area contributed by atoms with Crippen molar-refractivity contribution in [3.05, 3.63) is 23.3 Å². The van der Waals surface area contributed by atoms with Gasteiger partial charge in [-0.1, -0.05) is 20.8 Å². The molecule has 1 aromatic carbocycles. The van der Waals surface area contributed by atoms with E-state index < -0.39 is 0 Å². The lowest BCUT2D eigenvalue weighted by atomic mass is 9.93. The Morgan fingerprint density at radius 2 is 1.53 bits per heavy atom. The lowest BCUT2D eigenvalue weighted by Gasteiger charge is -2.19. The smallest absolute Gasteiger partial charge is 0.126 e. The van der Waals surface area contributed by atoms with Crippen molar-refractivity contribution >= 4 is 0 Å². The number of hydrogen-bond donors (Lipinski definition) is 1. The maximum absolute atomic E-state index is 5.74. The zero-order valence-corrected chi connectivity index (χ0v) is 11.4. The minimum absolute atomic E-state index is 0.286. The van der Waals surface area contributed by atoms with E-state index in [-0.39, 0.29) is 5.92 Å². The van der Waals surface area contributed by atoms with Crippen molar-refractivity contribution < 1.29 is 9.47 Å². The second-order valence-corrected chi connectivity index (χ2v) is 4.63. The van der Waals surface area contributed by atoms with E-state index in [4.69, 9.17) is 15.2 Å². The van der Waals surface area contributed by atoms with Crippen LogP contribution in [0.1, 0.15) is 43.7 Å². The molecule has 0 saturated carbocycles. The maximum atomic E-state index is 5.74. The molecule has 0 aromatic heterocycles. The van der Waals surface area contributed by atoms with Crippen molar-refractivity contribution in [3.63, 3.8) is 0 Å². The van der Waals surface area contributed by atoms with Crippen molar-refractivity contribution in [3.8, 4) is 11.5 Å². The molecule has 0 aliphatic rings. The number of benzene rings is 1. The highest BCUT2D eigenvalue weighted by Crippen LogP contribution is 2.36. The molecule has 0 amide bonds. The minimum atomic E-state index is 0.286. The first-order valence-electron chi connectivity index (χ1n) is 6.01. The van der Waals surface area contributed by atoms with Gasteiger partial charge in [0.25, 0.3) is 0 Å². The summed E-state index contributed by atoms with van der Waals surface area (Å²) in [6, 6.07) is 4.11. The Balaban J connectivity index is 3.33. The van der Waals surface area contributed by atoms with Crippen molar-refractivity contribution in [1.82, 2.24) is 0 Å². The number of methoxy groups -OCH3 is 2. The molecule has 0 bridgehead atoms. The topological polar surface area (TPSA) is 44.5 Å². The van der Waals surface area contributed by atoms with Gasteiger partial charge in [0.05, 0.1) is 14.2 Å². The molecule has 1 aromatic rings. The zero-order valence-electron chi connectivity index (χ0n) is 11.4. The summed E-state index contributed by atoms with van der Waals surface area (Å²) >= 11 is 0. The van der Waals surface area contributed by atoms with Crippen LogP contribution >= 0.6 is 0 Å². The molecule has 1 unspecified atom stereocenters. The number of hydrogen-bond acceptors (Lipinski definition) is 3. The Labute approximate surface area is 104 Å². The van der Waals surface area contributed by atoms with Gasteiger partial charge < -0.3 is 15.2 Å². The third-order valence-electron chi connectivity index (χ3n) is 3.09. The molecular formula is C14H23NO2. The molecule has 1 atom stereocenters. The summed E-state index contributed by atoms with van der Waals surface area (Å²) in [5, 5.41) is 0. The van der Waals surface area contributed by atoms with Gasteiger partial charge >= 0.3 is 0 Å². The summed E-state index contributed by atoms with van der Waals surface area (Å²) in [7, 11) is 3.36. The van der Waals surface area contributed by atoms with Gasteiger partial charge in [-0.2, -0.15) is 0 Å². The standard InChI is InChI=1S/C14H23NO2/c1-9(2)11-6-12(10(3)8-15)14(17-5)7-13(11)16-4/h6-7,9-10H,8,15H2,1-5H3. The van der Waals surface area contributed by atoms with E-state index in [2.05, 4.69) is 26.8 Å². The normalized spacial score (nSPS) is 12.6. The van der Waals surface area contributed by atoms with Crippen LogP contribution in [0.25, 0.3) is 0 Å². The van der Waals surface area contributed by atoms with E-state index in [0.717, 1.165) is 17.1 Å². The molecule has 0 saturated heterocycles. The fourth-order valence-electron chi connectivity index (χ4n) is 1.91. The van der Waals surface area contributed by atoms with Gasteiger partial charge in [0.15, 0.2) is 0 Å². The molecule has 0 radical (unpaired) electrons. The summed E-state index contributed by atoms with van der Waals surface area (Å²) in [6.07, 6.45) is 0. The molecule has 2 N–H and O–H groups in total. The maximum Gasteiger partial charge on any atom is 0.126 e. The third-order valence-corrected chi connectivity index (χ3v) is 3.09. The SMILES string of the molecule is COc1cc(OC)c(C(C)CN)cc1C(C)C. The molecule has 0 aliphatic carbocycles. The van der Waals surface area contributed by atoms with Crippen LogP contribution in [-0.4, -0.2) is 20.8 Å². The van der Waals surface area contributed by atoms with E-state index >= 15 is 0 Å². The van der Waals surface area contributed by atoms with Crippen LogP contribution in [-0.2, 0) is 0 Å².